The van der Waals surface area contributed by atoms with Gasteiger partial charge in [0.1, 0.15) is 23.6 Å². The van der Waals surface area contributed by atoms with E-state index in [9.17, 15) is 14.9 Å². The van der Waals surface area contributed by atoms with Crippen LogP contribution >= 0.6 is 0 Å². The average molecular weight is 485 g/mol. The third-order valence-electron chi connectivity index (χ3n) is 6.29. The second-order valence-electron chi connectivity index (χ2n) is 8.59. The van der Waals surface area contributed by atoms with Gasteiger partial charge < -0.3 is 15.0 Å². The van der Waals surface area contributed by atoms with Crippen molar-refractivity contribution in [1.82, 2.24) is 29.3 Å². The van der Waals surface area contributed by atoms with Gasteiger partial charge in [0.15, 0.2) is 5.65 Å². The maximum absolute atomic E-state index is 13.2. The molecule has 11 nitrogen and oxygen atoms in total. The summed E-state index contributed by atoms with van der Waals surface area (Å²) in [6.07, 6.45) is 8.29. The quantitative estimate of drug-likeness (QED) is 0.445. The predicted molar refractivity (Wildman–Crippen MR) is 130 cm³/mol. The number of nitrogens with one attached hydrogen (secondary N) is 1. The van der Waals surface area contributed by atoms with Crippen LogP contribution in [0.1, 0.15) is 35.7 Å². The number of methoxy groups -OCH3 is 1. The zero-order valence-electron chi connectivity index (χ0n) is 19.9. The molecule has 1 N–H and O–H groups in total. The standard InChI is InChI=1S/C25H24N8O3/c1-16-5-3-9-32(16)22(34)15-31-14-20(23(30-31)18-11-17(12-26)6-7-21(18)36-2)29-25(35)19-13-28-33-10-4-8-27-24(19)33/h4,6-8,10-11,13-14,16H,3,5,9,15H2,1-2H3,(H,29,35). The number of ether oxygens (including phenoxy) is 1. The van der Waals surface area contributed by atoms with Gasteiger partial charge in [-0.25, -0.2) is 9.50 Å². The van der Waals surface area contributed by atoms with Crippen LogP contribution < -0.4 is 10.1 Å². The lowest BCUT2D eigenvalue weighted by Crippen LogP contribution is -2.36. The fourth-order valence-corrected chi connectivity index (χ4v) is 4.47. The normalized spacial score (nSPS) is 15.1. The van der Waals surface area contributed by atoms with Gasteiger partial charge in [0.2, 0.25) is 5.91 Å². The van der Waals surface area contributed by atoms with Crippen molar-refractivity contribution < 1.29 is 14.3 Å². The molecule has 4 aromatic rings. The lowest BCUT2D eigenvalue weighted by molar-refractivity contribution is -0.132. The van der Waals surface area contributed by atoms with E-state index in [2.05, 4.69) is 26.6 Å². The molecule has 0 spiro atoms. The van der Waals surface area contributed by atoms with Gasteiger partial charge in [0, 0.05) is 36.7 Å². The zero-order valence-corrected chi connectivity index (χ0v) is 19.9. The van der Waals surface area contributed by atoms with Crippen molar-refractivity contribution in [3.8, 4) is 23.1 Å². The van der Waals surface area contributed by atoms with E-state index in [1.54, 1.807) is 42.9 Å². The third-order valence-corrected chi connectivity index (χ3v) is 6.29. The highest BCUT2D eigenvalue weighted by Gasteiger charge is 2.26. The predicted octanol–water partition coefficient (Wildman–Crippen LogP) is 2.74. The maximum Gasteiger partial charge on any atom is 0.261 e. The minimum Gasteiger partial charge on any atom is -0.496 e. The monoisotopic (exact) mass is 484 g/mol. The van der Waals surface area contributed by atoms with Crippen LogP contribution in [0.4, 0.5) is 5.69 Å². The summed E-state index contributed by atoms with van der Waals surface area (Å²) in [6.45, 7) is 2.77. The van der Waals surface area contributed by atoms with Crippen LogP contribution in [0.15, 0.2) is 49.1 Å². The first-order valence-electron chi connectivity index (χ1n) is 11.5. The van der Waals surface area contributed by atoms with E-state index in [-0.39, 0.29) is 24.1 Å². The number of aromatic nitrogens is 5. The number of benzene rings is 1. The molecule has 0 radical (unpaired) electrons. The smallest absolute Gasteiger partial charge is 0.261 e. The van der Waals surface area contributed by atoms with Gasteiger partial charge in [-0.2, -0.15) is 15.5 Å². The molecule has 1 saturated heterocycles. The third kappa shape index (κ3) is 4.24. The molecule has 5 rings (SSSR count). The average Bonchev–Trinajstić information content (AvgIpc) is 3.61. The number of nitrogens with zero attached hydrogens (tertiary/aromatic N) is 7. The Hall–Kier alpha value is -4.72. The Kier molecular flexibility index (Phi) is 6.08. The van der Waals surface area contributed by atoms with Crippen molar-refractivity contribution >= 4 is 23.1 Å². The van der Waals surface area contributed by atoms with Crippen LogP contribution in [-0.4, -0.2) is 60.8 Å². The Morgan fingerprint density at radius 1 is 1.33 bits per heavy atom. The van der Waals surface area contributed by atoms with Gasteiger partial charge in [-0.1, -0.05) is 0 Å². The molecule has 1 aliphatic heterocycles. The molecule has 0 saturated carbocycles. The van der Waals surface area contributed by atoms with Crippen molar-refractivity contribution in [3.05, 3.63) is 60.2 Å². The van der Waals surface area contributed by atoms with Crippen LogP contribution in [0.2, 0.25) is 0 Å². The van der Waals surface area contributed by atoms with Crippen LogP contribution in [-0.2, 0) is 11.3 Å². The van der Waals surface area contributed by atoms with Crippen molar-refractivity contribution in [1.29, 1.82) is 5.26 Å². The number of nitriles is 1. The summed E-state index contributed by atoms with van der Waals surface area (Å²) in [5.41, 5.74) is 2.37. The minimum atomic E-state index is -0.431. The van der Waals surface area contributed by atoms with Gasteiger partial charge in [0.05, 0.1) is 30.6 Å². The van der Waals surface area contributed by atoms with Crippen LogP contribution in [0.3, 0.4) is 0 Å². The lowest BCUT2D eigenvalue weighted by Gasteiger charge is -2.21. The molecule has 4 heterocycles. The number of carbonyl (C=O) groups is 2. The highest BCUT2D eigenvalue weighted by Crippen LogP contribution is 2.35. The molecule has 182 valence electrons. The molecule has 0 bridgehead atoms. The van der Waals surface area contributed by atoms with Crippen molar-refractivity contribution in [2.45, 2.75) is 32.4 Å². The maximum atomic E-state index is 13.2. The number of hydrogen-bond acceptors (Lipinski definition) is 7. The first kappa shape index (κ1) is 23.0. The summed E-state index contributed by atoms with van der Waals surface area (Å²) in [7, 11) is 1.52. The Morgan fingerprint density at radius 2 is 2.19 bits per heavy atom. The topological polar surface area (TPSA) is 130 Å². The molecule has 2 amide bonds. The molecular formula is C25H24N8O3. The number of rotatable bonds is 6. The Balaban J connectivity index is 1.53. The van der Waals surface area contributed by atoms with Crippen LogP contribution in [0.25, 0.3) is 16.9 Å². The second-order valence-corrected chi connectivity index (χ2v) is 8.59. The second kappa shape index (κ2) is 9.50. The van der Waals surface area contributed by atoms with Gasteiger partial charge in [-0.3, -0.25) is 14.3 Å². The van der Waals surface area contributed by atoms with E-state index in [1.807, 2.05) is 11.8 Å². The Bertz CT molecular complexity index is 1500. The van der Waals surface area contributed by atoms with Crippen LogP contribution in [0, 0.1) is 11.3 Å². The first-order valence-corrected chi connectivity index (χ1v) is 11.5. The summed E-state index contributed by atoms with van der Waals surface area (Å²) < 4.78 is 8.52. The first-order chi connectivity index (χ1) is 17.5. The van der Waals surface area contributed by atoms with Gasteiger partial charge >= 0.3 is 0 Å². The van der Waals surface area contributed by atoms with Gasteiger partial charge in [-0.15, -0.1) is 0 Å². The Labute approximate surface area is 206 Å². The van der Waals surface area contributed by atoms with E-state index in [1.165, 1.54) is 22.5 Å². The molecule has 1 aromatic carbocycles. The largest absolute Gasteiger partial charge is 0.496 e. The van der Waals surface area contributed by atoms with Gasteiger partial charge in [0.25, 0.3) is 5.91 Å². The van der Waals surface area contributed by atoms with Crippen molar-refractivity contribution in [3.63, 3.8) is 0 Å². The van der Waals surface area contributed by atoms with E-state index >= 15 is 0 Å². The number of fused-ring (bicyclic) bond motifs is 1. The number of likely N-dealkylation sites (tertiary alicyclic amines) is 1. The number of amides is 2. The van der Waals surface area contributed by atoms with Gasteiger partial charge in [-0.05, 0) is 44.0 Å². The van der Waals surface area contributed by atoms with Crippen molar-refractivity contribution in [2.24, 2.45) is 0 Å². The SMILES string of the molecule is COc1ccc(C#N)cc1-c1nn(CC(=O)N2CCCC2C)cc1NC(=O)c1cnn2cccnc12. The lowest BCUT2D eigenvalue weighted by atomic mass is 10.1. The molecule has 36 heavy (non-hydrogen) atoms. The highest BCUT2D eigenvalue weighted by molar-refractivity contribution is 6.09. The van der Waals surface area contributed by atoms with E-state index in [0.717, 1.165) is 19.4 Å². The summed E-state index contributed by atoms with van der Waals surface area (Å²) >= 11 is 0. The van der Waals surface area contributed by atoms with Crippen LogP contribution in [0.5, 0.6) is 5.75 Å². The van der Waals surface area contributed by atoms with E-state index in [4.69, 9.17) is 4.74 Å². The number of anilines is 1. The minimum absolute atomic E-state index is 0.0196. The summed E-state index contributed by atoms with van der Waals surface area (Å²) in [5.74, 6) is 0.00258. The molecule has 11 heteroatoms. The summed E-state index contributed by atoms with van der Waals surface area (Å²) in [4.78, 5) is 32.3. The van der Waals surface area contributed by atoms with Crippen molar-refractivity contribution in [2.75, 3.05) is 19.0 Å². The molecule has 1 unspecified atom stereocenters. The molecule has 1 aliphatic rings. The zero-order chi connectivity index (χ0) is 25.2. The highest BCUT2D eigenvalue weighted by atomic mass is 16.5. The molecular weight excluding hydrogens is 460 g/mol. The van der Waals surface area contributed by atoms with E-state index in [0.29, 0.717) is 33.9 Å². The molecule has 0 aliphatic carbocycles. The Morgan fingerprint density at radius 3 is 2.94 bits per heavy atom. The summed E-state index contributed by atoms with van der Waals surface area (Å²) in [6, 6.07) is 8.97. The number of hydrogen-bond donors (Lipinski definition) is 1. The van der Waals surface area contributed by atoms with E-state index < -0.39 is 5.91 Å². The number of carbonyl (C=O) groups excluding carboxylic acids is 2. The molecule has 3 aromatic heterocycles. The fraction of sp³-hybridized carbons (Fsp3) is 0.280. The fourth-order valence-electron chi connectivity index (χ4n) is 4.47. The molecule has 1 atom stereocenters. The summed E-state index contributed by atoms with van der Waals surface area (Å²) in [5, 5.41) is 21.1. The molecule has 1 fully saturated rings.